The summed E-state index contributed by atoms with van der Waals surface area (Å²) in [5.74, 6) is 0.600. The molecule has 5 heteroatoms. The molecule has 102 valence electrons. The van der Waals surface area contributed by atoms with Crippen LogP contribution < -0.4 is 9.64 Å². The Morgan fingerprint density at radius 1 is 1.20 bits per heavy atom. The molecule has 20 heavy (non-hydrogen) atoms. The lowest BCUT2D eigenvalue weighted by molar-refractivity contribution is 0.202. The number of para-hydroxylation sites is 1. The zero-order valence-electron chi connectivity index (χ0n) is 10.7. The van der Waals surface area contributed by atoms with Crippen molar-refractivity contribution >= 4 is 43.6 Å². The van der Waals surface area contributed by atoms with Gasteiger partial charge >= 0.3 is 6.09 Å². The van der Waals surface area contributed by atoms with E-state index in [1.165, 1.54) is 0 Å². The first-order valence-electron chi connectivity index (χ1n) is 6.09. The molecule has 1 aliphatic rings. The van der Waals surface area contributed by atoms with Crippen LogP contribution in [0.3, 0.4) is 0 Å². The Bertz CT molecular complexity index is 700. The minimum atomic E-state index is -0.352. The average molecular weight is 397 g/mol. The molecule has 0 fully saturated rings. The predicted octanol–water partition coefficient (Wildman–Crippen LogP) is 5.04. The second-order valence-electron chi connectivity index (χ2n) is 4.62. The van der Waals surface area contributed by atoms with Crippen molar-refractivity contribution in [3.63, 3.8) is 0 Å². The van der Waals surface area contributed by atoms with E-state index < -0.39 is 0 Å². The second-order valence-corrected chi connectivity index (χ2v) is 6.39. The number of fused-ring (bicyclic) bond motifs is 1. The highest BCUT2D eigenvalue weighted by Crippen LogP contribution is 2.38. The van der Waals surface area contributed by atoms with Crippen LogP contribution in [0, 0.1) is 6.92 Å². The number of ether oxygens (including phenoxy) is 1. The zero-order valence-corrected chi connectivity index (χ0v) is 13.9. The van der Waals surface area contributed by atoms with Gasteiger partial charge in [-0.2, -0.15) is 0 Å². The summed E-state index contributed by atoms with van der Waals surface area (Å²) in [6.07, 6.45) is -0.352. The number of anilines is 1. The first-order valence-corrected chi connectivity index (χ1v) is 7.68. The van der Waals surface area contributed by atoms with Crippen LogP contribution in [0.1, 0.15) is 11.1 Å². The minimum absolute atomic E-state index is 0.352. The number of hydrogen-bond acceptors (Lipinski definition) is 2. The Hall–Kier alpha value is -1.33. The fourth-order valence-corrected chi connectivity index (χ4v) is 3.67. The van der Waals surface area contributed by atoms with Crippen LogP contribution in [0.15, 0.2) is 45.3 Å². The van der Waals surface area contributed by atoms with Crippen molar-refractivity contribution in [3.8, 4) is 5.75 Å². The van der Waals surface area contributed by atoms with Crippen LogP contribution in [0.25, 0.3) is 0 Å². The van der Waals surface area contributed by atoms with Gasteiger partial charge in [-0.05, 0) is 46.6 Å². The minimum Gasteiger partial charge on any atom is -0.408 e. The number of hydrogen-bond donors (Lipinski definition) is 0. The predicted molar refractivity (Wildman–Crippen MR) is 85.2 cm³/mol. The second kappa shape index (κ2) is 5.22. The number of carbonyl (C=O) groups excluding carboxylic acids is 1. The summed E-state index contributed by atoms with van der Waals surface area (Å²) in [5.41, 5.74) is 2.88. The van der Waals surface area contributed by atoms with Gasteiger partial charge in [0, 0.05) is 10.0 Å². The maximum atomic E-state index is 12.2. The number of benzene rings is 2. The van der Waals surface area contributed by atoms with Gasteiger partial charge in [-0.3, -0.25) is 4.90 Å². The molecule has 0 aromatic heterocycles. The number of halogens is 2. The van der Waals surface area contributed by atoms with Gasteiger partial charge in [-0.15, -0.1) is 0 Å². The number of amides is 1. The van der Waals surface area contributed by atoms with Gasteiger partial charge in [0.05, 0.1) is 16.7 Å². The van der Waals surface area contributed by atoms with Crippen molar-refractivity contribution in [2.75, 3.05) is 4.90 Å². The molecule has 2 aromatic carbocycles. The van der Waals surface area contributed by atoms with Crippen LogP contribution in [-0.4, -0.2) is 6.09 Å². The van der Waals surface area contributed by atoms with Gasteiger partial charge in [0.25, 0.3) is 0 Å². The maximum Gasteiger partial charge on any atom is 0.420 e. The molecular formula is C15H11Br2NO2. The molecule has 3 rings (SSSR count). The van der Waals surface area contributed by atoms with E-state index in [1.54, 1.807) is 4.90 Å². The SMILES string of the molecule is Cc1ccccc1N1Cc2cc(Br)cc(Br)c2OC1=O. The van der Waals surface area contributed by atoms with E-state index in [-0.39, 0.29) is 6.09 Å². The van der Waals surface area contributed by atoms with Crippen LogP contribution >= 0.6 is 31.9 Å². The molecule has 2 aromatic rings. The van der Waals surface area contributed by atoms with Crippen molar-refractivity contribution in [2.24, 2.45) is 0 Å². The lowest BCUT2D eigenvalue weighted by Gasteiger charge is -2.29. The van der Waals surface area contributed by atoms with Crippen molar-refractivity contribution < 1.29 is 9.53 Å². The molecule has 0 spiro atoms. The van der Waals surface area contributed by atoms with Crippen molar-refractivity contribution in [3.05, 3.63) is 56.5 Å². The fraction of sp³-hybridized carbons (Fsp3) is 0.133. The molecule has 3 nitrogen and oxygen atoms in total. The molecule has 1 aliphatic heterocycles. The van der Waals surface area contributed by atoms with Gasteiger partial charge < -0.3 is 4.74 Å². The quantitative estimate of drug-likeness (QED) is 0.675. The van der Waals surface area contributed by atoms with E-state index in [2.05, 4.69) is 31.9 Å². The third-order valence-electron chi connectivity index (χ3n) is 3.23. The van der Waals surface area contributed by atoms with Gasteiger partial charge in [0.15, 0.2) is 5.75 Å². The Morgan fingerprint density at radius 2 is 1.95 bits per heavy atom. The summed E-state index contributed by atoms with van der Waals surface area (Å²) < 4.78 is 7.19. The Kier molecular flexibility index (Phi) is 3.56. The van der Waals surface area contributed by atoms with E-state index in [1.807, 2.05) is 43.3 Å². The van der Waals surface area contributed by atoms with Crippen LogP contribution in [0.4, 0.5) is 10.5 Å². The lowest BCUT2D eigenvalue weighted by Crippen LogP contribution is -2.37. The van der Waals surface area contributed by atoms with Gasteiger partial charge in [0.1, 0.15) is 0 Å². The highest BCUT2D eigenvalue weighted by atomic mass is 79.9. The van der Waals surface area contributed by atoms with Gasteiger partial charge in [0.2, 0.25) is 0 Å². The summed E-state index contributed by atoms with van der Waals surface area (Å²) in [5, 5.41) is 0. The molecule has 0 saturated heterocycles. The molecule has 0 saturated carbocycles. The molecule has 0 radical (unpaired) electrons. The lowest BCUT2D eigenvalue weighted by atomic mass is 10.1. The molecule has 1 amide bonds. The highest BCUT2D eigenvalue weighted by Gasteiger charge is 2.28. The average Bonchev–Trinajstić information content (AvgIpc) is 2.40. The molecule has 0 bridgehead atoms. The normalized spacial score (nSPS) is 13.9. The summed E-state index contributed by atoms with van der Waals surface area (Å²) in [7, 11) is 0. The smallest absolute Gasteiger partial charge is 0.408 e. The van der Waals surface area contributed by atoms with E-state index in [0.717, 1.165) is 25.8 Å². The molecule has 0 N–H and O–H groups in total. The Balaban J connectivity index is 2.05. The van der Waals surface area contributed by atoms with Crippen molar-refractivity contribution in [1.82, 2.24) is 0 Å². The van der Waals surface area contributed by atoms with Crippen LogP contribution in [-0.2, 0) is 6.54 Å². The van der Waals surface area contributed by atoms with E-state index in [9.17, 15) is 4.79 Å². The van der Waals surface area contributed by atoms with E-state index in [4.69, 9.17) is 4.74 Å². The largest absolute Gasteiger partial charge is 0.420 e. The standard InChI is InChI=1S/C15H11Br2NO2/c1-9-4-2-3-5-13(9)18-8-10-6-11(16)7-12(17)14(10)20-15(18)19/h2-7H,8H2,1H3. The highest BCUT2D eigenvalue weighted by molar-refractivity contribution is 9.11. The first kappa shape index (κ1) is 13.6. The summed E-state index contributed by atoms with van der Waals surface area (Å²) in [6, 6.07) is 11.6. The number of rotatable bonds is 1. The molecule has 0 atom stereocenters. The van der Waals surface area contributed by atoms with Crippen LogP contribution in [0.2, 0.25) is 0 Å². The number of nitrogens with zero attached hydrogens (tertiary/aromatic N) is 1. The van der Waals surface area contributed by atoms with E-state index in [0.29, 0.717) is 12.3 Å². The van der Waals surface area contributed by atoms with Crippen molar-refractivity contribution in [2.45, 2.75) is 13.5 Å². The van der Waals surface area contributed by atoms with Gasteiger partial charge in [-0.1, -0.05) is 34.1 Å². The van der Waals surface area contributed by atoms with Crippen LogP contribution in [0.5, 0.6) is 5.75 Å². The number of aryl methyl sites for hydroxylation is 1. The third kappa shape index (κ3) is 2.36. The molecule has 1 heterocycles. The summed E-state index contributed by atoms with van der Waals surface area (Å²) in [6.45, 7) is 2.48. The Morgan fingerprint density at radius 3 is 2.70 bits per heavy atom. The van der Waals surface area contributed by atoms with Gasteiger partial charge in [-0.25, -0.2) is 4.79 Å². The Labute approximate surface area is 133 Å². The third-order valence-corrected chi connectivity index (χ3v) is 4.28. The first-order chi connectivity index (χ1) is 9.56. The monoisotopic (exact) mass is 395 g/mol. The maximum absolute atomic E-state index is 12.2. The summed E-state index contributed by atoms with van der Waals surface area (Å²) >= 11 is 6.88. The molecular weight excluding hydrogens is 386 g/mol. The van der Waals surface area contributed by atoms with E-state index >= 15 is 0 Å². The summed E-state index contributed by atoms with van der Waals surface area (Å²) in [4.78, 5) is 13.9. The zero-order chi connectivity index (χ0) is 14.3. The fourth-order valence-electron chi connectivity index (χ4n) is 2.27. The molecule has 0 aliphatic carbocycles. The topological polar surface area (TPSA) is 29.5 Å². The molecule has 0 unspecified atom stereocenters. The van der Waals surface area contributed by atoms with Crippen molar-refractivity contribution in [1.29, 1.82) is 0 Å². The number of carbonyl (C=O) groups is 1.